The van der Waals surface area contributed by atoms with Crippen LogP contribution in [0.3, 0.4) is 0 Å². The largest absolute Gasteiger partial charge is 0.488 e. The van der Waals surface area contributed by atoms with Gasteiger partial charge in [0, 0.05) is 23.2 Å². The summed E-state index contributed by atoms with van der Waals surface area (Å²) in [5.74, 6) is 3.26. The van der Waals surface area contributed by atoms with Crippen LogP contribution in [0, 0.1) is 23.6 Å². The molecule has 0 aromatic heterocycles. The summed E-state index contributed by atoms with van der Waals surface area (Å²) in [4.78, 5) is 0. The molecule has 0 spiro atoms. The summed E-state index contributed by atoms with van der Waals surface area (Å²) in [5, 5.41) is 4.33. The molecule has 1 N–H and O–H groups in total. The maximum atomic E-state index is 14.0. The molecule has 0 unspecified atom stereocenters. The Bertz CT molecular complexity index is 812. The lowest BCUT2D eigenvalue weighted by Gasteiger charge is -2.57. The van der Waals surface area contributed by atoms with E-state index in [4.69, 9.17) is 16.3 Å². The second kappa shape index (κ2) is 7.35. The van der Waals surface area contributed by atoms with Crippen LogP contribution in [0.4, 0.5) is 4.39 Å². The average Bonchev–Trinajstić information content (AvgIpc) is 2.66. The van der Waals surface area contributed by atoms with Gasteiger partial charge in [-0.3, -0.25) is 0 Å². The second-order valence-electron chi connectivity index (χ2n) is 9.15. The van der Waals surface area contributed by atoms with E-state index in [0.29, 0.717) is 16.1 Å². The van der Waals surface area contributed by atoms with Crippen LogP contribution in [-0.4, -0.2) is 5.54 Å². The molecule has 4 saturated carbocycles. The van der Waals surface area contributed by atoms with Gasteiger partial charge in [0.05, 0.1) is 5.02 Å². The van der Waals surface area contributed by atoms with Crippen LogP contribution in [0.25, 0.3) is 0 Å². The summed E-state index contributed by atoms with van der Waals surface area (Å²) in [5.41, 5.74) is 1.86. The molecule has 2 aromatic rings. The number of hydrogen-bond acceptors (Lipinski definition) is 2. The third kappa shape index (κ3) is 3.55. The Morgan fingerprint density at radius 2 is 1.64 bits per heavy atom. The lowest BCUT2D eigenvalue weighted by Crippen LogP contribution is -2.58. The molecule has 28 heavy (non-hydrogen) atoms. The molecule has 148 valence electrons. The van der Waals surface area contributed by atoms with Gasteiger partial charge in [0.1, 0.15) is 18.2 Å². The number of halogens is 2. The summed E-state index contributed by atoms with van der Waals surface area (Å²) < 4.78 is 20.0. The van der Waals surface area contributed by atoms with Crippen LogP contribution < -0.4 is 10.1 Å². The Kier molecular flexibility index (Phi) is 4.84. The Morgan fingerprint density at radius 1 is 0.964 bits per heavy atom. The van der Waals surface area contributed by atoms with Crippen molar-refractivity contribution in [1.29, 1.82) is 0 Å². The SMILES string of the molecule is Fc1cccc(Cl)c1COc1ccccc1CNC12CC3CC(CC(C3)C1)C2. The predicted molar refractivity (Wildman–Crippen MR) is 110 cm³/mol. The molecule has 0 amide bonds. The molecule has 6 rings (SSSR count). The Balaban J connectivity index is 1.28. The molecule has 4 aliphatic rings. The van der Waals surface area contributed by atoms with Gasteiger partial charge >= 0.3 is 0 Å². The van der Waals surface area contributed by atoms with Gasteiger partial charge in [-0.05, 0) is 74.5 Å². The summed E-state index contributed by atoms with van der Waals surface area (Å²) in [7, 11) is 0. The summed E-state index contributed by atoms with van der Waals surface area (Å²) in [6, 6.07) is 12.8. The number of nitrogens with one attached hydrogen (secondary N) is 1. The minimum atomic E-state index is -0.323. The van der Waals surface area contributed by atoms with Gasteiger partial charge in [0.2, 0.25) is 0 Å². The fourth-order valence-electron chi connectivity index (χ4n) is 6.22. The molecular weight excluding hydrogens is 373 g/mol. The standard InChI is InChI=1S/C24H27ClFNO/c25-21-5-3-6-22(26)20(21)15-28-23-7-2-1-4-19(23)14-27-24-11-16-8-17(12-24)10-18(9-16)13-24/h1-7,16-18,27H,8-15H2. The third-order valence-corrected chi connectivity index (χ3v) is 7.45. The zero-order valence-electron chi connectivity index (χ0n) is 16.1. The first kappa shape index (κ1) is 18.4. The molecule has 4 fully saturated rings. The maximum absolute atomic E-state index is 14.0. The molecule has 4 heteroatoms. The zero-order chi connectivity index (χ0) is 19.1. The Hall–Kier alpha value is -1.58. The van der Waals surface area contributed by atoms with Crippen LogP contribution >= 0.6 is 11.6 Å². The van der Waals surface area contributed by atoms with Crippen molar-refractivity contribution < 1.29 is 9.13 Å². The van der Waals surface area contributed by atoms with Gasteiger partial charge in [0.15, 0.2) is 0 Å². The van der Waals surface area contributed by atoms with Crippen molar-refractivity contribution in [3.8, 4) is 5.75 Å². The molecule has 0 radical (unpaired) electrons. The van der Waals surface area contributed by atoms with Gasteiger partial charge in [-0.15, -0.1) is 0 Å². The van der Waals surface area contributed by atoms with E-state index in [-0.39, 0.29) is 12.4 Å². The molecule has 0 aliphatic heterocycles. The van der Waals surface area contributed by atoms with Crippen molar-refractivity contribution in [2.24, 2.45) is 17.8 Å². The minimum absolute atomic E-state index is 0.139. The highest BCUT2D eigenvalue weighted by molar-refractivity contribution is 6.31. The molecule has 2 nitrogen and oxygen atoms in total. The summed E-state index contributed by atoms with van der Waals surface area (Å²) in [6.07, 6.45) is 8.32. The molecule has 0 saturated heterocycles. The highest BCUT2D eigenvalue weighted by Gasteiger charge is 2.50. The molecule has 2 aromatic carbocycles. The number of rotatable bonds is 6. The van der Waals surface area contributed by atoms with E-state index in [2.05, 4.69) is 11.4 Å². The lowest BCUT2D eigenvalue weighted by atomic mass is 9.53. The van der Waals surface area contributed by atoms with Gasteiger partial charge < -0.3 is 10.1 Å². The molecule has 4 aliphatic carbocycles. The first-order valence-electron chi connectivity index (χ1n) is 10.5. The third-order valence-electron chi connectivity index (χ3n) is 7.10. The van der Waals surface area contributed by atoms with Crippen molar-refractivity contribution in [2.75, 3.05) is 0 Å². The fourth-order valence-corrected chi connectivity index (χ4v) is 6.44. The zero-order valence-corrected chi connectivity index (χ0v) is 16.9. The van der Waals surface area contributed by atoms with Crippen LogP contribution in [0.15, 0.2) is 42.5 Å². The second-order valence-corrected chi connectivity index (χ2v) is 9.56. The van der Waals surface area contributed by atoms with E-state index in [0.717, 1.165) is 35.6 Å². The Labute approximate surface area is 171 Å². The first-order chi connectivity index (χ1) is 13.6. The topological polar surface area (TPSA) is 21.3 Å². The predicted octanol–water partition coefficient (Wildman–Crippen LogP) is 6.12. The van der Waals surface area contributed by atoms with Crippen molar-refractivity contribution >= 4 is 11.6 Å². The number of ether oxygens (including phenoxy) is 1. The van der Waals surface area contributed by atoms with E-state index in [1.54, 1.807) is 12.1 Å². The normalized spacial score (nSPS) is 30.6. The smallest absolute Gasteiger partial charge is 0.131 e. The molecular formula is C24H27ClFNO. The summed E-state index contributed by atoms with van der Waals surface area (Å²) in [6.45, 7) is 0.938. The van der Waals surface area contributed by atoms with E-state index in [9.17, 15) is 4.39 Å². The molecule has 0 atom stereocenters. The van der Waals surface area contributed by atoms with Crippen molar-refractivity contribution in [3.05, 3.63) is 64.4 Å². The van der Waals surface area contributed by atoms with Gasteiger partial charge in [-0.2, -0.15) is 0 Å². The number of benzene rings is 2. The van der Waals surface area contributed by atoms with E-state index in [1.165, 1.54) is 44.6 Å². The highest BCUT2D eigenvalue weighted by atomic mass is 35.5. The van der Waals surface area contributed by atoms with Gasteiger partial charge in [-0.25, -0.2) is 4.39 Å². The van der Waals surface area contributed by atoms with Crippen LogP contribution in [0.2, 0.25) is 5.02 Å². The minimum Gasteiger partial charge on any atom is -0.488 e. The summed E-state index contributed by atoms with van der Waals surface area (Å²) >= 11 is 6.14. The molecule has 0 heterocycles. The first-order valence-corrected chi connectivity index (χ1v) is 10.9. The van der Waals surface area contributed by atoms with Gasteiger partial charge in [0.25, 0.3) is 0 Å². The van der Waals surface area contributed by atoms with Crippen LogP contribution in [0.1, 0.15) is 49.7 Å². The highest BCUT2D eigenvalue weighted by Crippen LogP contribution is 2.55. The number of hydrogen-bond donors (Lipinski definition) is 1. The molecule has 4 bridgehead atoms. The van der Waals surface area contributed by atoms with E-state index < -0.39 is 0 Å². The van der Waals surface area contributed by atoms with Crippen molar-refractivity contribution in [3.63, 3.8) is 0 Å². The van der Waals surface area contributed by atoms with Gasteiger partial charge in [-0.1, -0.05) is 35.9 Å². The number of para-hydroxylation sites is 1. The van der Waals surface area contributed by atoms with E-state index >= 15 is 0 Å². The van der Waals surface area contributed by atoms with Crippen LogP contribution in [0.5, 0.6) is 5.75 Å². The quantitative estimate of drug-likeness (QED) is 0.632. The van der Waals surface area contributed by atoms with Crippen molar-refractivity contribution in [1.82, 2.24) is 5.32 Å². The Morgan fingerprint density at radius 3 is 2.32 bits per heavy atom. The lowest BCUT2D eigenvalue weighted by molar-refractivity contribution is -0.0206. The van der Waals surface area contributed by atoms with Crippen molar-refractivity contribution in [2.45, 2.75) is 57.2 Å². The maximum Gasteiger partial charge on any atom is 0.131 e. The van der Waals surface area contributed by atoms with Crippen LogP contribution in [-0.2, 0) is 13.2 Å². The monoisotopic (exact) mass is 399 g/mol. The van der Waals surface area contributed by atoms with E-state index in [1.807, 2.05) is 18.2 Å². The average molecular weight is 400 g/mol. The fraction of sp³-hybridized carbons (Fsp3) is 0.500.